The second-order valence-corrected chi connectivity index (χ2v) is 10.7. The predicted octanol–water partition coefficient (Wildman–Crippen LogP) is 11.5. The summed E-state index contributed by atoms with van der Waals surface area (Å²) in [5, 5.41) is 0. The van der Waals surface area contributed by atoms with Crippen LogP contribution in [0.5, 0.6) is 0 Å². The molecule has 0 amide bonds. The Morgan fingerprint density at radius 3 is 1.69 bits per heavy atom. The first-order valence-electron chi connectivity index (χ1n) is 15.7. The maximum Gasteiger partial charge on any atom is 2.00 e. The fraction of sp³-hybridized carbons (Fsp3) is 0.714. The van der Waals surface area contributed by atoms with E-state index in [4.69, 9.17) is 0 Å². The molecule has 0 bridgehead atoms. The van der Waals surface area contributed by atoms with E-state index in [1.165, 1.54) is 134 Å². The molecule has 0 atom stereocenters. The van der Waals surface area contributed by atoms with Gasteiger partial charge in [-0.3, -0.25) is 0 Å². The van der Waals surface area contributed by atoms with Gasteiger partial charge in [-0.2, -0.15) is 46.0 Å². The molecule has 36 heavy (non-hydrogen) atoms. The standard InChI is InChI=1S/C25H45.C10H15.Fe/c1-5-9-13-17-22-21-23(18-14-10-6-2)25(20-16-12-8-4)24(22)19-15-11-7-3;1-2-3-4-7-10-8-5-6-9-10;/h21H,5-20H2,1-4H3;5-6,8-9H,2-4,7H2,1H3;/q2*-1;+2. The first-order chi connectivity index (χ1) is 17.2. The van der Waals surface area contributed by atoms with Crippen LogP contribution in [0.1, 0.15) is 159 Å². The molecule has 0 unspecified atom stereocenters. The molecule has 0 nitrogen and oxygen atoms in total. The fourth-order valence-electron chi connectivity index (χ4n) is 5.24. The molecule has 0 saturated heterocycles. The first kappa shape index (κ1) is 35.2. The molecule has 2 aromatic rings. The molecule has 1 heteroatoms. The van der Waals surface area contributed by atoms with E-state index in [0.717, 1.165) is 0 Å². The summed E-state index contributed by atoms with van der Waals surface area (Å²) >= 11 is 0. The van der Waals surface area contributed by atoms with Crippen molar-refractivity contribution in [3.63, 3.8) is 0 Å². The first-order valence-corrected chi connectivity index (χ1v) is 15.7. The van der Waals surface area contributed by atoms with Crippen LogP contribution in [-0.4, -0.2) is 0 Å². The molecule has 0 radical (unpaired) electrons. The Morgan fingerprint density at radius 2 is 1.14 bits per heavy atom. The van der Waals surface area contributed by atoms with Crippen molar-refractivity contribution in [1.82, 2.24) is 0 Å². The van der Waals surface area contributed by atoms with Gasteiger partial charge < -0.3 is 0 Å². The molecule has 0 saturated carbocycles. The Kier molecular flexibility index (Phi) is 24.0. The smallest absolute Gasteiger partial charge is 0.213 e. The van der Waals surface area contributed by atoms with Crippen LogP contribution >= 0.6 is 0 Å². The number of hydrogen-bond acceptors (Lipinski definition) is 0. The minimum absolute atomic E-state index is 0. The van der Waals surface area contributed by atoms with E-state index in [1.54, 1.807) is 22.3 Å². The van der Waals surface area contributed by atoms with Crippen molar-refractivity contribution in [2.45, 2.75) is 163 Å². The summed E-state index contributed by atoms with van der Waals surface area (Å²) in [6.07, 6.45) is 27.0. The minimum Gasteiger partial charge on any atom is -0.213 e. The summed E-state index contributed by atoms with van der Waals surface area (Å²) in [5.41, 5.74) is 8.51. The van der Waals surface area contributed by atoms with Crippen LogP contribution in [0.25, 0.3) is 0 Å². The Hall–Kier alpha value is -0.781. The van der Waals surface area contributed by atoms with Gasteiger partial charge in [-0.1, -0.05) is 163 Å². The van der Waals surface area contributed by atoms with Gasteiger partial charge in [0.05, 0.1) is 0 Å². The van der Waals surface area contributed by atoms with Gasteiger partial charge in [0.1, 0.15) is 0 Å². The van der Waals surface area contributed by atoms with E-state index in [1.807, 2.05) is 0 Å². The maximum absolute atomic E-state index is 2.63. The molecule has 0 heterocycles. The van der Waals surface area contributed by atoms with Crippen LogP contribution in [0.4, 0.5) is 0 Å². The molecular weight excluding hydrogens is 476 g/mol. The number of hydrogen-bond donors (Lipinski definition) is 0. The number of rotatable bonds is 20. The summed E-state index contributed by atoms with van der Waals surface area (Å²) in [7, 11) is 0. The van der Waals surface area contributed by atoms with Crippen LogP contribution in [0, 0.1) is 0 Å². The van der Waals surface area contributed by atoms with E-state index in [9.17, 15) is 0 Å². The minimum atomic E-state index is 0. The van der Waals surface area contributed by atoms with Gasteiger partial charge in [0, 0.05) is 0 Å². The second kappa shape index (κ2) is 24.6. The summed E-state index contributed by atoms with van der Waals surface area (Å²) in [6.45, 7) is 11.5. The van der Waals surface area contributed by atoms with E-state index in [2.05, 4.69) is 65.0 Å². The normalized spacial score (nSPS) is 10.7. The fourth-order valence-corrected chi connectivity index (χ4v) is 5.24. The monoisotopic (exact) mass is 536 g/mol. The Labute approximate surface area is 237 Å². The van der Waals surface area contributed by atoms with Gasteiger partial charge in [0.25, 0.3) is 0 Å². The molecule has 0 aliphatic carbocycles. The molecule has 0 aromatic heterocycles. The maximum atomic E-state index is 2.63. The van der Waals surface area contributed by atoms with Gasteiger partial charge in [-0.05, 0) is 0 Å². The number of unbranched alkanes of at least 4 members (excludes halogenated alkanes) is 10. The van der Waals surface area contributed by atoms with E-state index in [0.29, 0.717) is 0 Å². The average Bonchev–Trinajstić information content (AvgIpc) is 3.49. The molecular formula is C35H60Fe. The molecule has 0 aliphatic heterocycles. The van der Waals surface area contributed by atoms with Crippen LogP contribution in [0.3, 0.4) is 0 Å². The summed E-state index contributed by atoms with van der Waals surface area (Å²) in [6, 6.07) is 11.3. The zero-order chi connectivity index (χ0) is 25.6. The molecule has 0 N–H and O–H groups in total. The predicted molar refractivity (Wildman–Crippen MR) is 160 cm³/mol. The van der Waals surface area contributed by atoms with Crippen molar-refractivity contribution in [2.75, 3.05) is 0 Å². The zero-order valence-electron chi connectivity index (χ0n) is 24.9. The van der Waals surface area contributed by atoms with E-state index < -0.39 is 0 Å². The summed E-state index contributed by atoms with van der Waals surface area (Å²) in [4.78, 5) is 0. The Balaban J connectivity index is 0.000000930. The third-order valence-corrected chi connectivity index (χ3v) is 7.45. The molecule has 208 valence electrons. The molecule has 2 rings (SSSR count). The van der Waals surface area contributed by atoms with Crippen molar-refractivity contribution >= 4 is 0 Å². The third-order valence-electron chi connectivity index (χ3n) is 7.45. The van der Waals surface area contributed by atoms with E-state index >= 15 is 0 Å². The van der Waals surface area contributed by atoms with Gasteiger partial charge in [0.2, 0.25) is 0 Å². The van der Waals surface area contributed by atoms with Crippen molar-refractivity contribution in [1.29, 1.82) is 0 Å². The van der Waals surface area contributed by atoms with Crippen LogP contribution in [0.15, 0.2) is 30.3 Å². The van der Waals surface area contributed by atoms with Gasteiger partial charge in [-0.25, -0.2) is 12.1 Å². The zero-order valence-corrected chi connectivity index (χ0v) is 26.0. The Morgan fingerprint density at radius 1 is 0.611 bits per heavy atom. The molecule has 0 aliphatic rings. The largest absolute Gasteiger partial charge is 2.00 e. The third kappa shape index (κ3) is 15.5. The van der Waals surface area contributed by atoms with E-state index in [-0.39, 0.29) is 17.1 Å². The SMILES string of the molecule is CCCCCc1c[c-](CCCCC)c(CCCCC)c1CCCCC.CCCCCc1ccc[cH-]1.[Fe+2]. The van der Waals surface area contributed by atoms with Crippen LogP contribution in [0.2, 0.25) is 0 Å². The quantitative estimate of drug-likeness (QED) is 0.0897. The summed E-state index contributed by atoms with van der Waals surface area (Å²) in [5.74, 6) is 0. The van der Waals surface area contributed by atoms with Gasteiger partial charge in [0.15, 0.2) is 0 Å². The number of aryl methyl sites for hydroxylation is 3. The van der Waals surface area contributed by atoms with Gasteiger partial charge >= 0.3 is 17.1 Å². The second-order valence-electron chi connectivity index (χ2n) is 10.7. The summed E-state index contributed by atoms with van der Waals surface area (Å²) < 4.78 is 0. The molecule has 0 spiro atoms. The van der Waals surface area contributed by atoms with Crippen molar-refractivity contribution in [3.8, 4) is 0 Å². The topological polar surface area (TPSA) is 0 Å². The van der Waals surface area contributed by atoms with Crippen LogP contribution in [-0.2, 0) is 49.2 Å². The molecule has 2 aromatic carbocycles. The van der Waals surface area contributed by atoms with Crippen molar-refractivity contribution in [2.24, 2.45) is 0 Å². The van der Waals surface area contributed by atoms with Crippen molar-refractivity contribution in [3.05, 3.63) is 58.1 Å². The molecule has 0 fully saturated rings. The average molecular weight is 537 g/mol. The van der Waals surface area contributed by atoms with Gasteiger partial charge in [-0.15, -0.1) is 0 Å². The Bertz CT molecular complexity index is 652. The van der Waals surface area contributed by atoms with Crippen LogP contribution < -0.4 is 0 Å². The van der Waals surface area contributed by atoms with Crippen molar-refractivity contribution < 1.29 is 17.1 Å².